The molecule has 1 amide bonds. The second-order valence-electron chi connectivity index (χ2n) is 4.65. The molecule has 0 heterocycles. The van der Waals surface area contributed by atoms with Gasteiger partial charge in [0.15, 0.2) is 0 Å². The summed E-state index contributed by atoms with van der Waals surface area (Å²) in [4.78, 5) is 11.5. The highest BCUT2D eigenvalue weighted by Gasteiger charge is 2.24. The molecular formula is C12H24N2O. The van der Waals surface area contributed by atoms with E-state index in [2.05, 4.69) is 17.6 Å². The molecule has 1 aliphatic carbocycles. The quantitative estimate of drug-likeness (QED) is 0.744. The van der Waals surface area contributed by atoms with Crippen molar-refractivity contribution < 1.29 is 4.79 Å². The summed E-state index contributed by atoms with van der Waals surface area (Å²) in [7, 11) is 0. The third-order valence-corrected chi connectivity index (χ3v) is 3.32. The second kappa shape index (κ2) is 6.11. The highest BCUT2D eigenvalue weighted by Crippen LogP contribution is 2.23. The summed E-state index contributed by atoms with van der Waals surface area (Å²) in [6.07, 6.45) is 5.14. The van der Waals surface area contributed by atoms with Crippen molar-refractivity contribution in [3.8, 4) is 0 Å². The smallest absolute Gasteiger partial charge is 0.236 e. The van der Waals surface area contributed by atoms with Crippen molar-refractivity contribution in [1.29, 1.82) is 0 Å². The van der Waals surface area contributed by atoms with Gasteiger partial charge < -0.3 is 10.6 Å². The molecule has 3 heteroatoms. The zero-order chi connectivity index (χ0) is 11.3. The van der Waals surface area contributed by atoms with Crippen molar-refractivity contribution in [3.05, 3.63) is 0 Å². The van der Waals surface area contributed by atoms with Gasteiger partial charge in [-0.05, 0) is 32.6 Å². The first-order valence-electron chi connectivity index (χ1n) is 6.19. The fraction of sp³-hybridized carbons (Fsp3) is 0.917. The number of hydrogen-bond donors (Lipinski definition) is 2. The molecule has 3 nitrogen and oxygen atoms in total. The second-order valence-corrected chi connectivity index (χ2v) is 4.65. The van der Waals surface area contributed by atoms with Crippen molar-refractivity contribution >= 4 is 5.91 Å². The van der Waals surface area contributed by atoms with Crippen molar-refractivity contribution in [2.45, 2.75) is 58.5 Å². The first-order valence-corrected chi connectivity index (χ1v) is 6.19. The van der Waals surface area contributed by atoms with Crippen LogP contribution in [0.2, 0.25) is 0 Å². The lowest BCUT2D eigenvalue weighted by molar-refractivity contribution is -0.123. The van der Waals surface area contributed by atoms with Gasteiger partial charge in [-0.25, -0.2) is 0 Å². The third kappa shape index (κ3) is 3.82. The molecule has 1 saturated carbocycles. The van der Waals surface area contributed by atoms with Crippen LogP contribution in [0, 0.1) is 5.92 Å². The largest absolute Gasteiger partial charge is 0.355 e. The van der Waals surface area contributed by atoms with E-state index in [9.17, 15) is 4.79 Å². The fourth-order valence-corrected chi connectivity index (χ4v) is 2.29. The van der Waals surface area contributed by atoms with E-state index >= 15 is 0 Å². The van der Waals surface area contributed by atoms with Crippen LogP contribution in [-0.2, 0) is 4.79 Å². The molecular weight excluding hydrogens is 188 g/mol. The Labute approximate surface area is 93.0 Å². The van der Waals surface area contributed by atoms with Gasteiger partial charge in [0.2, 0.25) is 5.91 Å². The topological polar surface area (TPSA) is 41.1 Å². The summed E-state index contributed by atoms with van der Waals surface area (Å²) in [6.45, 7) is 6.90. The molecule has 15 heavy (non-hydrogen) atoms. The first-order chi connectivity index (χ1) is 7.15. The van der Waals surface area contributed by atoms with Gasteiger partial charge in [-0.2, -0.15) is 0 Å². The Bertz CT molecular complexity index is 206. The van der Waals surface area contributed by atoms with Gasteiger partial charge in [0.1, 0.15) is 0 Å². The van der Waals surface area contributed by atoms with Gasteiger partial charge in [-0.3, -0.25) is 4.79 Å². The zero-order valence-corrected chi connectivity index (χ0v) is 10.2. The monoisotopic (exact) mass is 212 g/mol. The van der Waals surface area contributed by atoms with Crippen LogP contribution in [0.4, 0.5) is 0 Å². The van der Waals surface area contributed by atoms with E-state index in [1.165, 1.54) is 25.7 Å². The van der Waals surface area contributed by atoms with E-state index in [0.717, 1.165) is 0 Å². The van der Waals surface area contributed by atoms with E-state index in [-0.39, 0.29) is 11.9 Å². The van der Waals surface area contributed by atoms with Crippen LogP contribution in [0.3, 0.4) is 0 Å². The van der Waals surface area contributed by atoms with E-state index < -0.39 is 0 Å². The fourth-order valence-electron chi connectivity index (χ4n) is 2.29. The van der Waals surface area contributed by atoms with Crippen LogP contribution in [0.1, 0.15) is 46.5 Å². The van der Waals surface area contributed by atoms with E-state index in [1.54, 1.807) is 0 Å². The summed E-state index contributed by atoms with van der Waals surface area (Å²) < 4.78 is 0. The molecule has 0 aromatic heterocycles. The van der Waals surface area contributed by atoms with Crippen LogP contribution < -0.4 is 10.6 Å². The Hall–Kier alpha value is -0.570. The molecule has 3 unspecified atom stereocenters. The normalized spacial score (nSPS) is 28.5. The molecule has 1 aliphatic rings. The number of hydrogen-bond acceptors (Lipinski definition) is 2. The summed E-state index contributed by atoms with van der Waals surface area (Å²) in [6, 6.07) is 0.465. The first kappa shape index (κ1) is 12.5. The van der Waals surface area contributed by atoms with Crippen LogP contribution in [0.25, 0.3) is 0 Å². The number of carbonyl (C=O) groups is 1. The molecule has 0 saturated heterocycles. The molecule has 88 valence electrons. The number of rotatable bonds is 4. The molecule has 1 fully saturated rings. The SMILES string of the molecule is CCNC(=O)C(C)NC1CCCCC1C. The van der Waals surface area contributed by atoms with Crippen LogP contribution in [0.5, 0.6) is 0 Å². The maximum absolute atomic E-state index is 11.5. The molecule has 0 spiro atoms. The van der Waals surface area contributed by atoms with Crippen LogP contribution in [0.15, 0.2) is 0 Å². The number of nitrogens with one attached hydrogen (secondary N) is 2. The Morgan fingerprint density at radius 1 is 1.40 bits per heavy atom. The van der Waals surface area contributed by atoms with E-state index in [4.69, 9.17) is 0 Å². The van der Waals surface area contributed by atoms with Crippen molar-refractivity contribution in [2.24, 2.45) is 5.92 Å². The van der Waals surface area contributed by atoms with Crippen molar-refractivity contribution in [3.63, 3.8) is 0 Å². The molecule has 2 N–H and O–H groups in total. The minimum Gasteiger partial charge on any atom is -0.355 e. The Morgan fingerprint density at radius 3 is 2.67 bits per heavy atom. The lowest BCUT2D eigenvalue weighted by Gasteiger charge is -2.31. The maximum Gasteiger partial charge on any atom is 0.236 e. The summed E-state index contributed by atoms with van der Waals surface area (Å²) >= 11 is 0. The Balaban J connectivity index is 2.35. The Morgan fingerprint density at radius 2 is 2.07 bits per heavy atom. The molecule has 0 bridgehead atoms. The van der Waals surface area contributed by atoms with Gasteiger partial charge in [-0.1, -0.05) is 19.8 Å². The minimum absolute atomic E-state index is 0.0597. The van der Waals surface area contributed by atoms with Crippen molar-refractivity contribution in [1.82, 2.24) is 10.6 Å². The average Bonchev–Trinajstić information content (AvgIpc) is 2.21. The molecule has 0 aromatic rings. The predicted molar refractivity (Wildman–Crippen MR) is 62.7 cm³/mol. The third-order valence-electron chi connectivity index (χ3n) is 3.32. The highest BCUT2D eigenvalue weighted by atomic mass is 16.2. The minimum atomic E-state index is -0.0597. The number of amides is 1. The van der Waals surface area contributed by atoms with Gasteiger partial charge in [-0.15, -0.1) is 0 Å². The van der Waals surface area contributed by atoms with Crippen molar-refractivity contribution in [2.75, 3.05) is 6.54 Å². The predicted octanol–water partition coefficient (Wildman–Crippen LogP) is 1.68. The number of carbonyl (C=O) groups excluding carboxylic acids is 1. The molecule has 1 rings (SSSR count). The van der Waals surface area contributed by atoms with Gasteiger partial charge in [0.05, 0.1) is 6.04 Å². The van der Waals surface area contributed by atoms with Crippen LogP contribution in [-0.4, -0.2) is 24.5 Å². The van der Waals surface area contributed by atoms with Gasteiger partial charge >= 0.3 is 0 Å². The summed E-state index contributed by atoms with van der Waals surface area (Å²) in [5.41, 5.74) is 0. The molecule has 0 aliphatic heterocycles. The maximum atomic E-state index is 11.5. The zero-order valence-electron chi connectivity index (χ0n) is 10.2. The summed E-state index contributed by atoms with van der Waals surface area (Å²) in [5, 5.41) is 6.29. The molecule has 0 radical (unpaired) electrons. The Kier molecular flexibility index (Phi) is 5.09. The highest BCUT2D eigenvalue weighted by molar-refractivity contribution is 5.81. The van der Waals surface area contributed by atoms with E-state index in [0.29, 0.717) is 18.5 Å². The van der Waals surface area contributed by atoms with Gasteiger partial charge in [0, 0.05) is 12.6 Å². The standard InChI is InChI=1S/C12H24N2O/c1-4-13-12(15)10(3)14-11-8-6-5-7-9(11)2/h9-11,14H,4-8H2,1-3H3,(H,13,15). The van der Waals surface area contributed by atoms with Crippen LogP contribution >= 0.6 is 0 Å². The van der Waals surface area contributed by atoms with Gasteiger partial charge in [0.25, 0.3) is 0 Å². The average molecular weight is 212 g/mol. The molecule has 0 aromatic carbocycles. The lowest BCUT2D eigenvalue weighted by Crippen LogP contribution is -2.49. The van der Waals surface area contributed by atoms with E-state index in [1.807, 2.05) is 13.8 Å². The summed E-state index contributed by atoms with van der Waals surface area (Å²) in [5.74, 6) is 0.825. The molecule has 3 atom stereocenters. The number of likely N-dealkylation sites (N-methyl/N-ethyl adjacent to an activating group) is 1. The lowest BCUT2D eigenvalue weighted by atomic mass is 9.85.